The molecule has 0 radical (unpaired) electrons. The number of anilines is 1. The number of benzene rings is 1. The zero-order chi connectivity index (χ0) is 13.5. The Labute approximate surface area is 119 Å². The van der Waals surface area contributed by atoms with E-state index in [4.69, 9.17) is 0 Å². The molecule has 0 aliphatic heterocycles. The predicted octanol–water partition coefficient (Wildman–Crippen LogP) is 4.10. The molecule has 1 atom stereocenters. The summed E-state index contributed by atoms with van der Waals surface area (Å²) in [6, 6.07) is 10.6. The molecule has 2 rings (SSSR count). The first kappa shape index (κ1) is 14.0. The van der Waals surface area contributed by atoms with Gasteiger partial charge in [0.1, 0.15) is 5.82 Å². The van der Waals surface area contributed by atoms with E-state index in [0.717, 1.165) is 36.8 Å². The van der Waals surface area contributed by atoms with Gasteiger partial charge in [-0.15, -0.1) is 0 Å². The van der Waals surface area contributed by atoms with Crippen molar-refractivity contribution < 1.29 is 0 Å². The van der Waals surface area contributed by atoms with Crippen molar-refractivity contribution in [2.45, 2.75) is 39.0 Å². The summed E-state index contributed by atoms with van der Waals surface area (Å²) in [7, 11) is 0. The van der Waals surface area contributed by atoms with Gasteiger partial charge in [-0.2, -0.15) is 4.37 Å². The number of hydrogen-bond acceptors (Lipinski definition) is 4. The van der Waals surface area contributed by atoms with E-state index in [9.17, 15) is 0 Å². The van der Waals surface area contributed by atoms with Crippen molar-refractivity contribution in [3.05, 3.63) is 41.7 Å². The molecule has 0 aliphatic carbocycles. The number of rotatable bonds is 7. The number of aromatic nitrogens is 2. The Morgan fingerprint density at radius 2 is 2.05 bits per heavy atom. The smallest absolute Gasteiger partial charge is 0.202 e. The van der Waals surface area contributed by atoms with Crippen LogP contribution in [0.2, 0.25) is 0 Å². The first-order valence-corrected chi connectivity index (χ1v) is 7.68. The van der Waals surface area contributed by atoms with Gasteiger partial charge in [0, 0.05) is 24.5 Å². The molecule has 1 unspecified atom stereocenters. The van der Waals surface area contributed by atoms with Crippen molar-refractivity contribution in [3.63, 3.8) is 0 Å². The quantitative estimate of drug-likeness (QED) is 0.826. The third-order valence-corrected chi connectivity index (χ3v) is 3.87. The number of hydrogen-bond donors (Lipinski definition) is 1. The van der Waals surface area contributed by atoms with Gasteiger partial charge in [0.2, 0.25) is 5.13 Å². The summed E-state index contributed by atoms with van der Waals surface area (Å²) in [6.45, 7) is 5.35. The van der Waals surface area contributed by atoms with Crippen LogP contribution in [0.1, 0.15) is 44.0 Å². The zero-order valence-electron chi connectivity index (χ0n) is 11.6. The van der Waals surface area contributed by atoms with E-state index in [0.29, 0.717) is 5.92 Å². The molecule has 0 saturated carbocycles. The van der Waals surface area contributed by atoms with Crippen molar-refractivity contribution in [3.8, 4) is 0 Å². The van der Waals surface area contributed by atoms with Gasteiger partial charge in [0.25, 0.3) is 0 Å². The van der Waals surface area contributed by atoms with Gasteiger partial charge in [-0.05, 0) is 24.3 Å². The molecule has 0 bridgehead atoms. The fourth-order valence-electron chi connectivity index (χ4n) is 1.99. The molecule has 0 saturated heterocycles. The van der Waals surface area contributed by atoms with Crippen LogP contribution in [0.5, 0.6) is 0 Å². The van der Waals surface area contributed by atoms with Crippen LogP contribution in [0.15, 0.2) is 30.3 Å². The summed E-state index contributed by atoms with van der Waals surface area (Å²) < 4.78 is 4.33. The lowest BCUT2D eigenvalue weighted by atomic mass is 9.98. The minimum Gasteiger partial charge on any atom is -0.360 e. The van der Waals surface area contributed by atoms with Crippen molar-refractivity contribution in [2.75, 3.05) is 11.9 Å². The number of nitrogens with zero attached hydrogens (tertiary/aromatic N) is 2. The van der Waals surface area contributed by atoms with E-state index in [1.165, 1.54) is 17.1 Å². The molecule has 3 nitrogen and oxygen atoms in total. The van der Waals surface area contributed by atoms with Crippen molar-refractivity contribution in [1.29, 1.82) is 0 Å². The van der Waals surface area contributed by atoms with Gasteiger partial charge in [0.15, 0.2) is 0 Å². The van der Waals surface area contributed by atoms with Crippen LogP contribution in [0, 0.1) is 0 Å². The maximum atomic E-state index is 4.47. The van der Waals surface area contributed by atoms with Gasteiger partial charge in [0.05, 0.1) is 0 Å². The Morgan fingerprint density at radius 3 is 2.79 bits per heavy atom. The molecule has 4 heteroatoms. The van der Waals surface area contributed by atoms with Gasteiger partial charge in [-0.3, -0.25) is 0 Å². The molecule has 102 valence electrons. The van der Waals surface area contributed by atoms with Crippen LogP contribution in [-0.2, 0) is 6.42 Å². The van der Waals surface area contributed by atoms with E-state index in [-0.39, 0.29) is 0 Å². The van der Waals surface area contributed by atoms with E-state index < -0.39 is 0 Å². The van der Waals surface area contributed by atoms with Crippen LogP contribution < -0.4 is 5.32 Å². The standard InChI is InChI=1S/C15H21N3S/c1-3-7-14-17-15(19-18-14)16-11-10-12(2)13-8-5-4-6-9-13/h4-6,8-9,12H,3,7,10-11H2,1-2H3,(H,16,17,18). The molecule has 0 fully saturated rings. The summed E-state index contributed by atoms with van der Waals surface area (Å²) in [5.74, 6) is 1.53. The Kier molecular flexibility index (Phi) is 5.33. The van der Waals surface area contributed by atoms with E-state index in [2.05, 4.69) is 58.9 Å². The summed E-state index contributed by atoms with van der Waals surface area (Å²) in [4.78, 5) is 4.47. The molecule has 0 spiro atoms. The first-order chi connectivity index (χ1) is 9.29. The van der Waals surface area contributed by atoms with Crippen LogP contribution in [0.25, 0.3) is 0 Å². The molecule has 1 heterocycles. The second-order valence-electron chi connectivity index (χ2n) is 4.79. The van der Waals surface area contributed by atoms with Crippen molar-refractivity contribution in [1.82, 2.24) is 9.36 Å². The van der Waals surface area contributed by atoms with Gasteiger partial charge < -0.3 is 5.32 Å². The minimum atomic E-state index is 0.566. The summed E-state index contributed by atoms with van der Waals surface area (Å²) >= 11 is 1.46. The number of nitrogens with one attached hydrogen (secondary N) is 1. The highest BCUT2D eigenvalue weighted by molar-refractivity contribution is 7.09. The predicted molar refractivity (Wildman–Crippen MR) is 81.9 cm³/mol. The maximum Gasteiger partial charge on any atom is 0.202 e. The fourth-order valence-corrected chi connectivity index (χ4v) is 2.63. The summed E-state index contributed by atoms with van der Waals surface area (Å²) in [6.07, 6.45) is 3.17. The Morgan fingerprint density at radius 1 is 1.26 bits per heavy atom. The lowest BCUT2D eigenvalue weighted by Crippen LogP contribution is -2.05. The third-order valence-electron chi connectivity index (χ3n) is 3.16. The molecule has 1 aromatic heterocycles. The van der Waals surface area contributed by atoms with Gasteiger partial charge in [-0.1, -0.05) is 44.2 Å². The second-order valence-corrected chi connectivity index (χ2v) is 5.54. The lowest BCUT2D eigenvalue weighted by molar-refractivity contribution is 0.705. The molecule has 1 N–H and O–H groups in total. The highest BCUT2D eigenvalue weighted by Crippen LogP contribution is 2.19. The SMILES string of the molecule is CCCc1nsc(NCCC(C)c2ccccc2)n1. The van der Waals surface area contributed by atoms with Gasteiger partial charge >= 0.3 is 0 Å². The van der Waals surface area contributed by atoms with E-state index >= 15 is 0 Å². The minimum absolute atomic E-state index is 0.566. The molecule has 1 aromatic carbocycles. The average molecular weight is 275 g/mol. The van der Waals surface area contributed by atoms with Crippen LogP contribution in [-0.4, -0.2) is 15.9 Å². The fraction of sp³-hybridized carbons (Fsp3) is 0.467. The highest BCUT2D eigenvalue weighted by Gasteiger charge is 2.06. The highest BCUT2D eigenvalue weighted by atomic mass is 32.1. The van der Waals surface area contributed by atoms with Crippen molar-refractivity contribution >= 4 is 16.7 Å². The molecule has 2 aromatic rings. The summed E-state index contributed by atoms with van der Waals surface area (Å²) in [5.41, 5.74) is 1.40. The number of aryl methyl sites for hydroxylation is 1. The third kappa shape index (κ3) is 4.31. The van der Waals surface area contributed by atoms with Crippen molar-refractivity contribution in [2.24, 2.45) is 0 Å². The average Bonchev–Trinajstić information content (AvgIpc) is 2.88. The van der Waals surface area contributed by atoms with Crippen LogP contribution in [0.4, 0.5) is 5.13 Å². The molecule has 19 heavy (non-hydrogen) atoms. The van der Waals surface area contributed by atoms with Crippen LogP contribution in [0.3, 0.4) is 0 Å². The normalized spacial score (nSPS) is 12.3. The Balaban J connectivity index is 1.76. The monoisotopic (exact) mass is 275 g/mol. The molecular weight excluding hydrogens is 254 g/mol. The van der Waals surface area contributed by atoms with E-state index in [1.807, 2.05) is 0 Å². The zero-order valence-corrected chi connectivity index (χ0v) is 12.4. The van der Waals surface area contributed by atoms with E-state index in [1.54, 1.807) is 0 Å². The van der Waals surface area contributed by atoms with Crippen LogP contribution >= 0.6 is 11.5 Å². The Bertz CT molecular complexity index is 481. The maximum absolute atomic E-state index is 4.47. The summed E-state index contributed by atoms with van der Waals surface area (Å²) in [5, 5.41) is 4.32. The molecule has 0 aliphatic rings. The molecular formula is C15H21N3S. The first-order valence-electron chi connectivity index (χ1n) is 6.91. The lowest BCUT2D eigenvalue weighted by Gasteiger charge is -2.11. The largest absolute Gasteiger partial charge is 0.360 e. The van der Waals surface area contributed by atoms with Gasteiger partial charge in [-0.25, -0.2) is 4.98 Å². The second kappa shape index (κ2) is 7.24. The molecule has 0 amide bonds. The Hall–Kier alpha value is -1.42. The topological polar surface area (TPSA) is 37.8 Å².